The number of pyridine rings is 1. The molecule has 6 heteroatoms. The SMILES string of the molecule is O=C(Nc1ccc(Cl)c(Br)c1)c1cccc(=O)[nH]1. The third-order valence-corrected chi connectivity index (χ3v) is 3.40. The van der Waals surface area contributed by atoms with Gasteiger partial charge in [0.1, 0.15) is 5.69 Å². The summed E-state index contributed by atoms with van der Waals surface area (Å²) in [6.07, 6.45) is 0. The zero-order valence-corrected chi connectivity index (χ0v) is 11.4. The highest BCUT2D eigenvalue weighted by atomic mass is 79.9. The van der Waals surface area contributed by atoms with Crippen molar-refractivity contribution in [2.75, 3.05) is 5.32 Å². The molecule has 1 heterocycles. The number of benzene rings is 1. The molecule has 2 rings (SSSR count). The molecule has 4 nitrogen and oxygen atoms in total. The Hall–Kier alpha value is -1.59. The summed E-state index contributed by atoms with van der Waals surface area (Å²) in [7, 11) is 0. The molecule has 1 aromatic carbocycles. The topological polar surface area (TPSA) is 62.0 Å². The summed E-state index contributed by atoms with van der Waals surface area (Å²) >= 11 is 9.11. The molecule has 2 aromatic rings. The van der Waals surface area contributed by atoms with Crippen LogP contribution in [0.5, 0.6) is 0 Å². The molecule has 0 spiro atoms. The Morgan fingerprint density at radius 2 is 2.06 bits per heavy atom. The monoisotopic (exact) mass is 326 g/mol. The molecule has 92 valence electrons. The Kier molecular flexibility index (Phi) is 3.84. The van der Waals surface area contributed by atoms with Crippen LogP contribution in [0.15, 0.2) is 45.7 Å². The van der Waals surface area contributed by atoms with E-state index in [0.29, 0.717) is 15.2 Å². The fourth-order valence-electron chi connectivity index (χ4n) is 1.35. The lowest BCUT2D eigenvalue weighted by Crippen LogP contribution is -2.17. The predicted molar refractivity (Wildman–Crippen MR) is 74.2 cm³/mol. The van der Waals surface area contributed by atoms with Crippen LogP contribution in [-0.2, 0) is 0 Å². The Morgan fingerprint density at radius 1 is 1.28 bits per heavy atom. The van der Waals surface area contributed by atoms with Crippen LogP contribution >= 0.6 is 27.5 Å². The summed E-state index contributed by atoms with van der Waals surface area (Å²) < 4.78 is 0.684. The van der Waals surface area contributed by atoms with Crippen molar-refractivity contribution in [2.24, 2.45) is 0 Å². The van der Waals surface area contributed by atoms with E-state index in [9.17, 15) is 9.59 Å². The molecule has 0 radical (unpaired) electrons. The number of H-pyrrole nitrogens is 1. The van der Waals surface area contributed by atoms with Crippen molar-refractivity contribution in [2.45, 2.75) is 0 Å². The molecule has 0 aliphatic rings. The Labute approximate surface area is 116 Å². The highest BCUT2D eigenvalue weighted by Crippen LogP contribution is 2.25. The van der Waals surface area contributed by atoms with E-state index in [1.165, 1.54) is 18.2 Å². The fourth-order valence-corrected chi connectivity index (χ4v) is 1.85. The number of nitrogens with one attached hydrogen (secondary N) is 2. The molecule has 0 bridgehead atoms. The lowest BCUT2D eigenvalue weighted by molar-refractivity contribution is 0.102. The van der Waals surface area contributed by atoms with Gasteiger partial charge in [-0.25, -0.2) is 0 Å². The van der Waals surface area contributed by atoms with Gasteiger partial charge in [0, 0.05) is 16.2 Å². The number of carbonyl (C=O) groups excluding carboxylic acids is 1. The number of aromatic amines is 1. The number of hydrogen-bond acceptors (Lipinski definition) is 2. The van der Waals surface area contributed by atoms with Gasteiger partial charge in [0.25, 0.3) is 5.91 Å². The maximum absolute atomic E-state index is 11.8. The largest absolute Gasteiger partial charge is 0.321 e. The number of anilines is 1. The number of hydrogen-bond donors (Lipinski definition) is 2. The molecule has 0 aliphatic heterocycles. The van der Waals surface area contributed by atoms with E-state index < -0.39 is 0 Å². The van der Waals surface area contributed by atoms with Crippen LogP contribution in [0.2, 0.25) is 5.02 Å². The average Bonchev–Trinajstić information content (AvgIpc) is 2.34. The van der Waals surface area contributed by atoms with Crippen LogP contribution in [0.4, 0.5) is 5.69 Å². The van der Waals surface area contributed by atoms with Crippen LogP contribution in [-0.4, -0.2) is 10.9 Å². The summed E-state index contributed by atoms with van der Waals surface area (Å²) in [5, 5.41) is 3.21. The molecular weight excluding hydrogens is 320 g/mol. The first-order chi connectivity index (χ1) is 8.56. The van der Waals surface area contributed by atoms with E-state index in [1.54, 1.807) is 18.2 Å². The smallest absolute Gasteiger partial charge is 0.272 e. The summed E-state index contributed by atoms with van der Waals surface area (Å²) in [5.74, 6) is -0.387. The van der Waals surface area contributed by atoms with Crippen molar-refractivity contribution >= 4 is 39.1 Å². The van der Waals surface area contributed by atoms with Gasteiger partial charge in [-0.05, 0) is 40.2 Å². The standard InChI is InChI=1S/C12H8BrClN2O2/c13-8-6-7(4-5-9(8)14)15-12(18)10-2-1-3-11(17)16-10/h1-6H,(H,15,18)(H,16,17). The van der Waals surface area contributed by atoms with Crippen LogP contribution in [0.3, 0.4) is 0 Å². The zero-order valence-electron chi connectivity index (χ0n) is 9.04. The molecule has 0 aliphatic carbocycles. The maximum Gasteiger partial charge on any atom is 0.272 e. The van der Waals surface area contributed by atoms with Crippen LogP contribution < -0.4 is 10.9 Å². The second-order valence-corrected chi connectivity index (χ2v) is 4.77. The molecule has 18 heavy (non-hydrogen) atoms. The van der Waals surface area contributed by atoms with E-state index in [-0.39, 0.29) is 17.2 Å². The van der Waals surface area contributed by atoms with Gasteiger partial charge < -0.3 is 10.3 Å². The van der Waals surface area contributed by atoms with Crippen LogP contribution in [0, 0.1) is 0 Å². The molecule has 0 fully saturated rings. The van der Waals surface area contributed by atoms with Gasteiger partial charge in [0.05, 0.1) is 5.02 Å². The average molecular weight is 328 g/mol. The zero-order chi connectivity index (χ0) is 13.1. The normalized spacial score (nSPS) is 10.1. The van der Waals surface area contributed by atoms with Gasteiger partial charge in [-0.2, -0.15) is 0 Å². The van der Waals surface area contributed by atoms with Crippen molar-refractivity contribution in [1.29, 1.82) is 0 Å². The number of rotatable bonds is 2. The minimum absolute atomic E-state index is 0.202. The number of carbonyl (C=O) groups is 1. The molecule has 0 saturated heterocycles. The maximum atomic E-state index is 11.8. The van der Waals surface area contributed by atoms with E-state index in [2.05, 4.69) is 26.2 Å². The van der Waals surface area contributed by atoms with E-state index >= 15 is 0 Å². The van der Waals surface area contributed by atoms with Crippen molar-refractivity contribution in [3.63, 3.8) is 0 Å². The quantitative estimate of drug-likeness (QED) is 0.890. The van der Waals surface area contributed by atoms with Crippen molar-refractivity contribution < 1.29 is 4.79 Å². The number of aromatic nitrogens is 1. The predicted octanol–water partition coefficient (Wildman–Crippen LogP) is 3.04. The summed E-state index contributed by atoms with van der Waals surface area (Å²) in [4.78, 5) is 25.4. The molecule has 0 saturated carbocycles. The minimum Gasteiger partial charge on any atom is -0.321 e. The molecule has 1 aromatic heterocycles. The van der Waals surface area contributed by atoms with Gasteiger partial charge in [0.15, 0.2) is 0 Å². The molecule has 0 unspecified atom stereocenters. The van der Waals surface area contributed by atoms with E-state index in [4.69, 9.17) is 11.6 Å². The first kappa shape index (κ1) is 12.9. The molecular formula is C12H8BrClN2O2. The Balaban J connectivity index is 2.21. The van der Waals surface area contributed by atoms with Crippen LogP contribution in [0.1, 0.15) is 10.5 Å². The van der Waals surface area contributed by atoms with Gasteiger partial charge in [-0.3, -0.25) is 9.59 Å². The van der Waals surface area contributed by atoms with Crippen molar-refractivity contribution in [1.82, 2.24) is 4.98 Å². The number of halogens is 2. The summed E-state index contributed by atoms with van der Waals surface area (Å²) in [6, 6.07) is 9.41. The third-order valence-electron chi connectivity index (χ3n) is 2.19. The summed E-state index contributed by atoms with van der Waals surface area (Å²) in [5.41, 5.74) is 0.467. The second-order valence-electron chi connectivity index (χ2n) is 3.51. The van der Waals surface area contributed by atoms with Gasteiger partial charge in [0.2, 0.25) is 5.56 Å². The van der Waals surface area contributed by atoms with Crippen LogP contribution in [0.25, 0.3) is 0 Å². The minimum atomic E-state index is -0.387. The fraction of sp³-hybridized carbons (Fsp3) is 0. The molecule has 0 atom stereocenters. The van der Waals surface area contributed by atoms with E-state index in [1.807, 2.05) is 0 Å². The molecule has 2 N–H and O–H groups in total. The first-order valence-electron chi connectivity index (χ1n) is 5.02. The van der Waals surface area contributed by atoms with Gasteiger partial charge in [-0.15, -0.1) is 0 Å². The highest BCUT2D eigenvalue weighted by Gasteiger charge is 2.07. The Bertz CT molecular complexity index is 655. The van der Waals surface area contributed by atoms with Gasteiger partial charge in [-0.1, -0.05) is 17.7 Å². The van der Waals surface area contributed by atoms with E-state index in [0.717, 1.165) is 0 Å². The first-order valence-corrected chi connectivity index (χ1v) is 6.19. The lowest BCUT2D eigenvalue weighted by Gasteiger charge is -2.06. The van der Waals surface area contributed by atoms with Crippen molar-refractivity contribution in [3.8, 4) is 0 Å². The molecule has 1 amide bonds. The Morgan fingerprint density at radius 3 is 2.72 bits per heavy atom. The van der Waals surface area contributed by atoms with Gasteiger partial charge >= 0.3 is 0 Å². The lowest BCUT2D eigenvalue weighted by atomic mass is 10.3. The second kappa shape index (κ2) is 5.37. The highest BCUT2D eigenvalue weighted by molar-refractivity contribution is 9.10. The summed E-state index contributed by atoms with van der Waals surface area (Å²) in [6.45, 7) is 0. The third kappa shape index (κ3) is 3.00. The number of amides is 1. The van der Waals surface area contributed by atoms with Crippen molar-refractivity contribution in [3.05, 3.63) is 61.9 Å².